The first-order valence-electron chi connectivity index (χ1n) is 8.74. The molecule has 1 aromatic carbocycles. The number of benzene rings is 1. The molecule has 0 radical (unpaired) electrons. The number of nitrogens with one attached hydrogen (secondary N) is 1. The van der Waals surface area contributed by atoms with E-state index in [-0.39, 0.29) is 0 Å². The average Bonchev–Trinajstić information content (AvgIpc) is 3.17. The Morgan fingerprint density at radius 3 is 2.77 bits per heavy atom. The summed E-state index contributed by atoms with van der Waals surface area (Å²) in [5.41, 5.74) is 2.41. The minimum Gasteiger partial charge on any atom is -0.461 e. The second-order valence-electron chi connectivity index (χ2n) is 6.95. The van der Waals surface area contributed by atoms with Crippen molar-refractivity contribution in [2.24, 2.45) is 5.92 Å². The summed E-state index contributed by atoms with van der Waals surface area (Å²) in [5.74, 6) is 1.97. The summed E-state index contributed by atoms with van der Waals surface area (Å²) in [4.78, 5) is 2.61. The van der Waals surface area contributed by atoms with E-state index in [1.165, 1.54) is 56.3 Å². The van der Waals surface area contributed by atoms with Crippen molar-refractivity contribution in [2.45, 2.75) is 45.2 Å². The van der Waals surface area contributed by atoms with Gasteiger partial charge in [0.05, 0.1) is 0 Å². The highest BCUT2D eigenvalue weighted by Gasteiger charge is 2.28. The van der Waals surface area contributed by atoms with Crippen LogP contribution in [0.25, 0.3) is 11.0 Å². The maximum atomic E-state index is 5.91. The van der Waals surface area contributed by atoms with Gasteiger partial charge in [-0.15, -0.1) is 0 Å². The maximum absolute atomic E-state index is 5.91. The Morgan fingerprint density at radius 1 is 1.18 bits per heavy atom. The molecule has 0 aliphatic carbocycles. The molecule has 1 aromatic heterocycles. The Kier molecular flexibility index (Phi) is 3.93. The first kappa shape index (κ1) is 14.3. The molecule has 2 saturated heterocycles. The quantitative estimate of drug-likeness (QED) is 0.936. The Hall–Kier alpha value is -1.32. The van der Waals surface area contributed by atoms with Gasteiger partial charge in [0.2, 0.25) is 0 Å². The van der Waals surface area contributed by atoms with Crippen LogP contribution in [0.4, 0.5) is 0 Å². The lowest BCUT2D eigenvalue weighted by atomic mass is 9.88. The predicted molar refractivity (Wildman–Crippen MR) is 90.0 cm³/mol. The van der Waals surface area contributed by atoms with Crippen LogP contribution in [0.5, 0.6) is 0 Å². The third-order valence-electron chi connectivity index (χ3n) is 5.58. The molecule has 0 bridgehead atoms. The summed E-state index contributed by atoms with van der Waals surface area (Å²) in [5, 5.41) is 4.98. The van der Waals surface area contributed by atoms with Crippen LogP contribution < -0.4 is 5.32 Å². The largest absolute Gasteiger partial charge is 0.461 e. The van der Waals surface area contributed by atoms with Crippen molar-refractivity contribution in [3.05, 3.63) is 35.6 Å². The van der Waals surface area contributed by atoms with E-state index in [4.69, 9.17) is 4.42 Å². The van der Waals surface area contributed by atoms with Crippen LogP contribution >= 0.6 is 0 Å². The highest BCUT2D eigenvalue weighted by atomic mass is 16.3. The summed E-state index contributed by atoms with van der Waals surface area (Å²) in [7, 11) is 0. The van der Waals surface area contributed by atoms with E-state index in [1.807, 2.05) is 0 Å². The molecular weight excluding hydrogens is 272 g/mol. The van der Waals surface area contributed by atoms with Crippen molar-refractivity contribution in [2.75, 3.05) is 19.6 Å². The minimum atomic E-state index is 0.790. The van der Waals surface area contributed by atoms with Gasteiger partial charge in [-0.05, 0) is 64.2 Å². The summed E-state index contributed by atoms with van der Waals surface area (Å²) in [6.07, 6.45) is 5.43. The zero-order chi connectivity index (χ0) is 14.9. The minimum absolute atomic E-state index is 0.790. The van der Waals surface area contributed by atoms with Gasteiger partial charge in [0.15, 0.2) is 0 Å². The zero-order valence-corrected chi connectivity index (χ0v) is 13.5. The van der Waals surface area contributed by atoms with Crippen LogP contribution in [0.3, 0.4) is 0 Å². The molecule has 2 aromatic rings. The van der Waals surface area contributed by atoms with Gasteiger partial charge in [0, 0.05) is 23.5 Å². The predicted octanol–water partition coefficient (Wildman–Crippen LogP) is 3.71. The second kappa shape index (κ2) is 6.05. The van der Waals surface area contributed by atoms with Gasteiger partial charge in [-0.1, -0.05) is 18.2 Å². The number of likely N-dealkylation sites (tertiary alicyclic amines) is 1. The molecule has 3 heteroatoms. The molecular formula is C19H26N2O. The molecule has 1 N–H and O–H groups in total. The highest BCUT2D eigenvalue weighted by Crippen LogP contribution is 2.30. The number of nitrogens with zero attached hydrogens (tertiary/aromatic N) is 1. The number of furan rings is 1. The fourth-order valence-electron chi connectivity index (χ4n) is 4.27. The molecule has 2 aliphatic heterocycles. The van der Waals surface area contributed by atoms with Crippen LogP contribution in [0.2, 0.25) is 0 Å². The Labute approximate surface area is 132 Å². The topological polar surface area (TPSA) is 28.4 Å². The fraction of sp³-hybridized carbons (Fsp3) is 0.579. The van der Waals surface area contributed by atoms with Gasteiger partial charge >= 0.3 is 0 Å². The normalized spacial score (nSPS) is 24.3. The Balaban J connectivity index is 1.42. The SMILES string of the molecule is Cc1oc2ccccc2c1CN1CCC(C2CCCN2)CC1. The first-order chi connectivity index (χ1) is 10.8. The first-order valence-corrected chi connectivity index (χ1v) is 8.74. The molecule has 1 atom stereocenters. The van der Waals surface area contributed by atoms with Crippen LogP contribution in [0.15, 0.2) is 28.7 Å². The van der Waals surface area contributed by atoms with E-state index in [0.717, 1.165) is 29.8 Å². The molecule has 1 unspecified atom stereocenters. The van der Waals surface area contributed by atoms with Crippen molar-refractivity contribution in [1.29, 1.82) is 0 Å². The standard InChI is InChI=1S/C19H26N2O/c1-14-17(16-5-2-3-7-19(16)22-14)13-21-11-8-15(9-12-21)18-6-4-10-20-18/h2-3,5,7,15,18,20H,4,6,8-13H2,1H3. The van der Waals surface area contributed by atoms with Crippen LogP contribution in [0, 0.1) is 12.8 Å². The van der Waals surface area contributed by atoms with Crippen LogP contribution in [0.1, 0.15) is 37.0 Å². The molecule has 3 heterocycles. The molecule has 3 nitrogen and oxygen atoms in total. The van der Waals surface area contributed by atoms with Gasteiger partial charge in [0.25, 0.3) is 0 Å². The van der Waals surface area contributed by atoms with Crippen molar-refractivity contribution >= 4 is 11.0 Å². The number of aryl methyl sites for hydroxylation is 1. The van der Waals surface area contributed by atoms with Crippen LogP contribution in [-0.2, 0) is 6.54 Å². The lowest BCUT2D eigenvalue weighted by molar-refractivity contribution is 0.157. The molecule has 0 spiro atoms. The average molecular weight is 298 g/mol. The number of piperidine rings is 1. The van der Waals surface area contributed by atoms with Gasteiger partial charge in [-0.25, -0.2) is 0 Å². The van der Waals surface area contributed by atoms with Crippen molar-refractivity contribution in [3.63, 3.8) is 0 Å². The van der Waals surface area contributed by atoms with Gasteiger partial charge in [-0.3, -0.25) is 4.90 Å². The van der Waals surface area contributed by atoms with Gasteiger partial charge in [-0.2, -0.15) is 0 Å². The molecule has 118 valence electrons. The van der Waals surface area contributed by atoms with Crippen molar-refractivity contribution in [3.8, 4) is 0 Å². The van der Waals surface area contributed by atoms with E-state index in [9.17, 15) is 0 Å². The summed E-state index contributed by atoms with van der Waals surface area (Å²) < 4.78 is 5.91. The third kappa shape index (κ3) is 2.68. The molecule has 0 amide bonds. The molecule has 2 aliphatic rings. The third-order valence-corrected chi connectivity index (χ3v) is 5.58. The number of para-hydroxylation sites is 1. The number of rotatable bonds is 3. The Morgan fingerprint density at radius 2 is 2.00 bits per heavy atom. The molecule has 22 heavy (non-hydrogen) atoms. The zero-order valence-electron chi connectivity index (χ0n) is 13.5. The monoisotopic (exact) mass is 298 g/mol. The number of hydrogen-bond acceptors (Lipinski definition) is 3. The lowest BCUT2D eigenvalue weighted by Crippen LogP contribution is -2.40. The molecule has 0 saturated carbocycles. The smallest absolute Gasteiger partial charge is 0.134 e. The number of hydrogen-bond donors (Lipinski definition) is 1. The summed E-state index contributed by atoms with van der Waals surface area (Å²) in [6.45, 7) is 6.81. The summed E-state index contributed by atoms with van der Waals surface area (Å²) in [6, 6.07) is 9.22. The van der Waals surface area contributed by atoms with Gasteiger partial charge in [0.1, 0.15) is 11.3 Å². The molecule has 4 rings (SSSR count). The maximum Gasteiger partial charge on any atom is 0.134 e. The lowest BCUT2D eigenvalue weighted by Gasteiger charge is -2.34. The Bertz CT molecular complexity index is 634. The summed E-state index contributed by atoms with van der Waals surface area (Å²) >= 11 is 0. The second-order valence-corrected chi connectivity index (χ2v) is 6.95. The molecule has 2 fully saturated rings. The van der Waals surface area contributed by atoms with E-state index >= 15 is 0 Å². The van der Waals surface area contributed by atoms with Crippen molar-refractivity contribution < 1.29 is 4.42 Å². The highest BCUT2D eigenvalue weighted by molar-refractivity contribution is 5.82. The van der Waals surface area contributed by atoms with Gasteiger partial charge < -0.3 is 9.73 Å². The van der Waals surface area contributed by atoms with E-state index < -0.39 is 0 Å². The number of fused-ring (bicyclic) bond motifs is 1. The van der Waals surface area contributed by atoms with Crippen molar-refractivity contribution in [1.82, 2.24) is 10.2 Å². The van der Waals surface area contributed by atoms with E-state index in [1.54, 1.807) is 0 Å². The fourth-order valence-corrected chi connectivity index (χ4v) is 4.27. The van der Waals surface area contributed by atoms with E-state index in [2.05, 4.69) is 41.4 Å². The van der Waals surface area contributed by atoms with Crippen LogP contribution in [-0.4, -0.2) is 30.6 Å². The van der Waals surface area contributed by atoms with E-state index in [0.29, 0.717) is 0 Å².